The van der Waals surface area contributed by atoms with Gasteiger partial charge in [0.2, 0.25) is 0 Å². The van der Waals surface area contributed by atoms with Crippen molar-refractivity contribution in [2.45, 2.75) is 45.6 Å². The average molecular weight is 381 g/mol. The molecule has 150 valence electrons. The number of ether oxygens (including phenoxy) is 1. The molecule has 1 aromatic carbocycles. The van der Waals surface area contributed by atoms with Crippen molar-refractivity contribution in [1.29, 1.82) is 0 Å². The molecule has 0 saturated heterocycles. The van der Waals surface area contributed by atoms with Crippen molar-refractivity contribution in [3.63, 3.8) is 0 Å². The summed E-state index contributed by atoms with van der Waals surface area (Å²) in [5.74, 6) is -2.62. The summed E-state index contributed by atoms with van der Waals surface area (Å²) >= 11 is 0. The Morgan fingerprint density at radius 1 is 1.26 bits per heavy atom. The molecule has 0 saturated carbocycles. The van der Waals surface area contributed by atoms with Gasteiger partial charge in [-0.2, -0.15) is 5.10 Å². The number of unbranched alkanes of at least 4 members (excludes halogenated alkanes) is 1. The molecule has 5 nitrogen and oxygen atoms in total. The molecule has 0 atom stereocenters. The molecule has 2 aromatic rings. The van der Waals surface area contributed by atoms with E-state index in [2.05, 4.69) is 22.0 Å². The van der Waals surface area contributed by atoms with Crippen LogP contribution < -0.4 is 4.74 Å². The highest BCUT2D eigenvalue weighted by Crippen LogP contribution is 2.35. The van der Waals surface area contributed by atoms with Gasteiger partial charge in [-0.15, -0.1) is 0 Å². The van der Waals surface area contributed by atoms with Gasteiger partial charge in [0.15, 0.2) is 0 Å². The number of hydrogen-bond donors (Lipinski definition) is 2. The molecule has 0 radical (unpaired) electrons. The van der Waals surface area contributed by atoms with E-state index >= 15 is 0 Å². The topological polar surface area (TPSA) is 61.4 Å². The van der Waals surface area contributed by atoms with Crippen LogP contribution in [0.25, 0.3) is 11.3 Å². The van der Waals surface area contributed by atoms with Crippen LogP contribution in [-0.4, -0.2) is 47.0 Å². The molecule has 27 heavy (non-hydrogen) atoms. The van der Waals surface area contributed by atoms with Crippen LogP contribution in [0.1, 0.15) is 44.2 Å². The lowest BCUT2D eigenvalue weighted by Crippen LogP contribution is -2.19. The molecule has 2 rings (SSSR count). The molecule has 0 spiro atoms. The second-order valence-corrected chi connectivity index (χ2v) is 6.92. The Bertz CT molecular complexity index is 713. The Balaban J connectivity index is 2.31. The number of rotatable bonds is 11. The molecule has 0 amide bonds. The van der Waals surface area contributed by atoms with E-state index in [9.17, 15) is 8.78 Å². The fourth-order valence-electron chi connectivity index (χ4n) is 2.81. The maximum atomic E-state index is 14.0. The Hall–Kier alpha value is -1.99. The zero-order chi connectivity index (χ0) is 19.9. The second-order valence-electron chi connectivity index (χ2n) is 6.92. The van der Waals surface area contributed by atoms with Gasteiger partial charge in [-0.25, -0.2) is 8.78 Å². The number of benzene rings is 1. The van der Waals surface area contributed by atoms with Gasteiger partial charge in [0.05, 0.1) is 18.5 Å². The first kappa shape index (κ1) is 21.3. The second kappa shape index (κ2) is 9.80. The van der Waals surface area contributed by atoms with E-state index < -0.39 is 5.92 Å². The first-order chi connectivity index (χ1) is 12.8. The molecular weight excluding hydrogens is 352 g/mol. The Kier molecular flexibility index (Phi) is 7.74. The summed E-state index contributed by atoms with van der Waals surface area (Å²) < 4.78 is 33.5. The summed E-state index contributed by atoms with van der Waals surface area (Å²) in [5.41, 5.74) is 2.17. The van der Waals surface area contributed by atoms with Crippen molar-refractivity contribution in [1.82, 2.24) is 15.1 Å². The van der Waals surface area contributed by atoms with Crippen molar-refractivity contribution in [2.24, 2.45) is 0 Å². The predicted octanol–water partition coefficient (Wildman–Crippen LogP) is 4.18. The van der Waals surface area contributed by atoms with E-state index in [0.29, 0.717) is 24.3 Å². The third-order valence-electron chi connectivity index (χ3n) is 4.32. The Morgan fingerprint density at radius 3 is 2.70 bits per heavy atom. The zero-order valence-electron chi connectivity index (χ0n) is 16.3. The maximum absolute atomic E-state index is 14.0. The number of aromatic nitrogens is 2. The summed E-state index contributed by atoms with van der Waals surface area (Å²) in [6, 6.07) is 4.56. The molecule has 1 heterocycles. The molecule has 0 bridgehead atoms. The van der Waals surface area contributed by atoms with Crippen molar-refractivity contribution >= 4 is 0 Å². The maximum Gasteiger partial charge on any atom is 0.270 e. The van der Waals surface area contributed by atoms with Gasteiger partial charge in [-0.1, -0.05) is 13.3 Å². The number of alkyl halides is 2. The summed E-state index contributed by atoms with van der Waals surface area (Å²) in [7, 11) is 2.03. The summed E-state index contributed by atoms with van der Waals surface area (Å²) in [4.78, 5) is 2.19. The highest BCUT2D eigenvalue weighted by Gasteiger charge is 2.26. The first-order valence-electron chi connectivity index (χ1n) is 9.33. The predicted molar refractivity (Wildman–Crippen MR) is 102 cm³/mol. The number of halogens is 2. The SMILES string of the molecule is CCCCN(C)Cc1cn[nH]c1-c1cc(OCCCO)cc(C(C)(F)F)c1. The number of nitrogens with one attached hydrogen (secondary N) is 1. The fraction of sp³-hybridized carbons (Fsp3) is 0.550. The van der Waals surface area contributed by atoms with Crippen LogP contribution in [0.2, 0.25) is 0 Å². The minimum Gasteiger partial charge on any atom is -0.493 e. The van der Waals surface area contributed by atoms with Gasteiger partial charge in [0.25, 0.3) is 5.92 Å². The Morgan fingerprint density at radius 2 is 2.04 bits per heavy atom. The van der Waals surface area contributed by atoms with Gasteiger partial charge >= 0.3 is 0 Å². The zero-order valence-corrected chi connectivity index (χ0v) is 16.3. The van der Waals surface area contributed by atoms with Gasteiger partial charge < -0.3 is 14.7 Å². The lowest BCUT2D eigenvalue weighted by atomic mass is 10.0. The van der Waals surface area contributed by atoms with Gasteiger partial charge in [-0.3, -0.25) is 5.10 Å². The van der Waals surface area contributed by atoms with Gasteiger partial charge in [0.1, 0.15) is 5.75 Å². The van der Waals surface area contributed by atoms with E-state index in [-0.39, 0.29) is 18.8 Å². The van der Waals surface area contributed by atoms with Crippen LogP contribution in [0.15, 0.2) is 24.4 Å². The molecule has 0 fully saturated rings. The molecular formula is C20H29F2N3O2. The third-order valence-corrected chi connectivity index (χ3v) is 4.32. The number of hydrogen-bond acceptors (Lipinski definition) is 4. The minimum absolute atomic E-state index is 0.00865. The quantitative estimate of drug-likeness (QED) is 0.573. The third kappa shape index (κ3) is 6.29. The average Bonchev–Trinajstić information content (AvgIpc) is 3.07. The molecule has 0 aliphatic rings. The highest BCUT2D eigenvalue weighted by molar-refractivity contribution is 5.66. The van der Waals surface area contributed by atoms with Crippen molar-refractivity contribution in [3.8, 4) is 17.0 Å². The highest BCUT2D eigenvalue weighted by atomic mass is 19.3. The van der Waals surface area contributed by atoms with Crippen LogP contribution in [0.5, 0.6) is 5.75 Å². The number of nitrogens with zero attached hydrogens (tertiary/aromatic N) is 2. The largest absolute Gasteiger partial charge is 0.493 e. The van der Waals surface area contributed by atoms with Crippen molar-refractivity contribution < 1.29 is 18.6 Å². The standard InChI is InChI=1S/C20H29F2N3O2/c1-4-5-7-25(3)14-16-13-23-24-19(16)15-10-17(20(2,21)22)12-18(11-15)27-9-6-8-26/h10-13,26H,4-9,14H2,1-3H3,(H,23,24). The number of aliphatic hydroxyl groups excluding tert-OH is 1. The van der Waals surface area contributed by atoms with Crippen LogP contribution in [0.4, 0.5) is 8.78 Å². The number of H-pyrrole nitrogens is 1. The molecule has 0 unspecified atom stereocenters. The number of aliphatic hydroxyl groups is 1. The smallest absolute Gasteiger partial charge is 0.270 e. The normalized spacial score (nSPS) is 12.0. The van der Waals surface area contributed by atoms with Crippen LogP contribution in [0, 0.1) is 0 Å². The van der Waals surface area contributed by atoms with E-state index in [1.54, 1.807) is 12.3 Å². The van der Waals surface area contributed by atoms with Gasteiger partial charge in [0, 0.05) is 43.2 Å². The van der Waals surface area contributed by atoms with E-state index in [4.69, 9.17) is 9.84 Å². The van der Waals surface area contributed by atoms with Gasteiger partial charge in [-0.05, 0) is 38.2 Å². The molecule has 0 aliphatic heterocycles. The van der Waals surface area contributed by atoms with E-state index in [0.717, 1.165) is 37.6 Å². The summed E-state index contributed by atoms with van der Waals surface area (Å²) in [6.45, 7) is 4.92. The van der Waals surface area contributed by atoms with E-state index in [1.807, 2.05) is 7.05 Å². The number of aromatic amines is 1. The van der Waals surface area contributed by atoms with Crippen LogP contribution >= 0.6 is 0 Å². The van der Waals surface area contributed by atoms with Crippen LogP contribution in [0.3, 0.4) is 0 Å². The monoisotopic (exact) mass is 381 g/mol. The molecule has 0 aliphatic carbocycles. The molecule has 7 heteroatoms. The molecule has 1 aromatic heterocycles. The summed E-state index contributed by atoms with van der Waals surface area (Å²) in [6.07, 6.45) is 4.40. The minimum atomic E-state index is -2.98. The van der Waals surface area contributed by atoms with E-state index in [1.165, 1.54) is 12.1 Å². The lowest BCUT2D eigenvalue weighted by Gasteiger charge is -2.18. The van der Waals surface area contributed by atoms with Crippen molar-refractivity contribution in [3.05, 3.63) is 35.5 Å². The first-order valence-corrected chi connectivity index (χ1v) is 9.33. The lowest BCUT2D eigenvalue weighted by molar-refractivity contribution is 0.0172. The Labute approximate surface area is 159 Å². The van der Waals surface area contributed by atoms with Crippen molar-refractivity contribution in [2.75, 3.05) is 26.8 Å². The summed E-state index contributed by atoms with van der Waals surface area (Å²) in [5, 5.41) is 16.0. The van der Waals surface area contributed by atoms with Crippen LogP contribution in [-0.2, 0) is 12.5 Å². The fourth-order valence-corrected chi connectivity index (χ4v) is 2.81. The molecule has 2 N–H and O–H groups in total.